The molecule has 0 aliphatic carbocycles. The standard InChI is InChI=1S/C22H27N3O2/c1-3-25(20-7-5-4-6-8-20)21(26)13-17-9-11-19(12-10-17)24-22(27)16(2)18-14-23-15-18/h4-12,16,18,23H,3,13-15H2,1-2H3,(H,24,27). The van der Waals surface area contributed by atoms with Crippen molar-refractivity contribution in [1.82, 2.24) is 5.32 Å². The van der Waals surface area contributed by atoms with Crippen molar-refractivity contribution in [3.63, 3.8) is 0 Å². The Morgan fingerprint density at radius 2 is 1.78 bits per heavy atom. The van der Waals surface area contributed by atoms with Crippen molar-refractivity contribution in [3.8, 4) is 0 Å². The van der Waals surface area contributed by atoms with Crippen molar-refractivity contribution in [1.29, 1.82) is 0 Å². The van der Waals surface area contributed by atoms with Crippen LogP contribution >= 0.6 is 0 Å². The lowest BCUT2D eigenvalue weighted by molar-refractivity contribution is -0.121. The molecule has 1 heterocycles. The van der Waals surface area contributed by atoms with Crippen LogP contribution in [0.5, 0.6) is 0 Å². The molecule has 1 fully saturated rings. The van der Waals surface area contributed by atoms with Crippen LogP contribution in [-0.4, -0.2) is 31.4 Å². The summed E-state index contributed by atoms with van der Waals surface area (Å²) in [6.45, 7) is 6.39. The van der Waals surface area contributed by atoms with Crippen LogP contribution in [0, 0.1) is 11.8 Å². The Bertz CT molecular complexity index is 770. The fraction of sp³-hybridized carbons (Fsp3) is 0.364. The minimum atomic E-state index is -0.00325. The summed E-state index contributed by atoms with van der Waals surface area (Å²) < 4.78 is 0. The quantitative estimate of drug-likeness (QED) is 0.793. The molecule has 0 spiro atoms. The van der Waals surface area contributed by atoms with Gasteiger partial charge in [0.05, 0.1) is 6.42 Å². The third kappa shape index (κ3) is 4.74. The van der Waals surface area contributed by atoms with Gasteiger partial charge in [-0.1, -0.05) is 37.3 Å². The minimum Gasteiger partial charge on any atom is -0.326 e. The van der Waals surface area contributed by atoms with Gasteiger partial charge in [-0.25, -0.2) is 0 Å². The molecular weight excluding hydrogens is 338 g/mol. The molecule has 1 aliphatic heterocycles. The SMILES string of the molecule is CCN(C(=O)Cc1ccc(NC(=O)C(C)C2CNC2)cc1)c1ccccc1. The Balaban J connectivity index is 1.58. The van der Waals surface area contributed by atoms with Gasteiger partial charge in [-0.05, 0) is 55.8 Å². The molecule has 0 saturated carbocycles. The van der Waals surface area contributed by atoms with E-state index in [1.165, 1.54) is 0 Å². The number of benzene rings is 2. The van der Waals surface area contributed by atoms with Crippen LogP contribution in [0.2, 0.25) is 0 Å². The number of carbonyl (C=O) groups excluding carboxylic acids is 2. The molecule has 1 unspecified atom stereocenters. The number of likely N-dealkylation sites (N-methyl/N-ethyl adjacent to an activating group) is 1. The Morgan fingerprint density at radius 3 is 2.33 bits per heavy atom. The summed E-state index contributed by atoms with van der Waals surface area (Å²) in [5, 5.41) is 6.17. The van der Waals surface area contributed by atoms with Crippen LogP contribution in [0.3, 0.4) is 0 Å². The molecule has 1 aliphatic rings. The van der Waals surface area contributed by atoms with Gasteiger partial charge in [0.2, 0.25) is 11.8 Å². The Kier molecular flexibility index (Phi) is 6.24. The van der Waals surface area contributed by atoms with Crippen molar-refractivity contribution in [2.75, 3.05) is 29.9 Å². The van der Waals surface area contributed by atoms with E-state index in [-0.39, 0.29) is 17.7 Å². The highest BCUT2D eigenvalue weighted by molar-refractivity contribution is 5.95. The zero-order valence-electron chi connectivity index (χ0n) is 15.9. The van der Waals surface area contributed by atoms with Crippen molar-refractivity contribution < 1.29 is 9.59 Å². The van der Waals surface area contributed by atoms with Gasteiger partial charge in [-0.3, -0.25) is 9.59 Å². The van der Waals surface area contributed by atoms with Crippen molar-refractivity contribution in [2.45, 2.75) is 20.3 Å². The molecule has 3 rings (SSSR count). The van der Waals surface area contributed by atoms with Crippen molar-refractivity contribution in [2.24, 2.45) is 11.8 Å². The fourth-order valence-corrected chi connectivity index (χ4v) is 3.22. The number of anilines is 2. The molecule has 0 aromatic heterocycles. The van der Waals surface area contributed by atoms with E-state index in [1.807, 2.05) is 68.4 Å². The van der Waals surface area contributed by atoms with E-state index >= 15 is 0 Å². The normalized spacial score (nSPS) is 14.9. The van der Waals surface area contributed by atoms with Gasteiger partial charge in [0, 0.05) is 23.8 Å². The first-order valence-electron chi connectivity index (χ1n) is 9.54. The largest absolute Gasteiger partial charge is 0.326 e. The molecular formula is C22H27N3O2. The van der Waals surface area contributed by atoms with Crippen LogP contribution in [0.15, 0.2) is 54.6 Å². The predicted molar refractivity (Wildman–Crippen MR) is 109 cm³/mol. The molecule has 2 aromatic carbocycles. The molecule has 5 nitrogen and oxygen atoms in total. The van der Waals surface area contributed by atoms with E-state index < -0.39 is 0 Å². The highest BCUT2D eigenvalue weighted by atomic mass is 16.2. The first-order valence-corrected chi connectivity index (χ1v) is 9.54. The number of para-hydroxylation sites is 1. The molecule has 142 valence electrons. The minimum absolute atomic E-state index is 0.00325. The van der Waals surface area contributed by atoms with E-state index in [0.29, 0.717) is 18.9 Å². The molecule has 5 heteroatoms. The van der Waals surface area contributed by atoms with E-state index in [1.54, 1.807) is 4.90 Å². The fourth-order valence-electron chi connectivity index (χ4n) is 3.22. The van der Waals surface area contributed by atoms with Crippen LogP contribution in [0.25, 0.3) is 0 Å². The maximum atomic E-state index is 12.7. The molecule has 1 saturated heterocycles. The zero-order valence-corrected chi connectivity index (χ0v) is 15.9. The summed E-state index contributed by atoms with van der Waals surface area (Å²) in [5.41, 5.74) is 2.61. The molecule has 2 amide bonds. The van der Waals surface area contributed by atoms with Gasteiger partial charge in [0.15, 0.2) is 0 Å². The Hall–Kier alpha value is -2.66. The molecule has 0 bridgehead atoms. The number of nitrogens with zero attached hydrogens (tertiary/aromatic N) is 1. The first-order chi connectivity index (χ1) is 13.1. The maximum absolute atomic E-state index is 12.7. The van der Waals surface area contributed by atoms with E-state index in [2.05, 4.69) is 10.6 Å². The summed E-state index contributed by atoms with van der Waals surface area (Å²) in [5.74, 6) is 0.523. The average Bonchev–Trinajstić information content (AvgIpc) is 2.63. The molecule has 2 N–H and O–H groups in total. The number of amides is 2. The Morgan fingerprint density at radius 1 is 1.11 bits per heavy atom. The summed E-state index contributed by atoms with van der Waals surface area (Å²) in [6.07, 6.45) is 0.334. The lowest BCUT2D eigenvalue weighted by Crippen LogP contribution is -2.48. The van der Waals surface area contributed by atoms with Gasteiger partial charge in [0.25, 0.3) is 0 Å². The van der Waals surface area contributed by atoms with E-state index in [0.717, 1.165) is 30.0 Å². The number of carbonyl (C=O) groups is 2. The highest BCUT2D eigenvalue weighted by Crippen LogP contribution is 2.19. The van der Waals surface area contributed by atoms with Crippen molar-refractivity contribution in [3.05, 3.63) is 60.2 Å². The zero-order chi connectivity index (χ0) is 19.2. The van der Waals surface area contributed by atoms with Crippen LogP contribution < -0.4 is 15.5 Å². The highest BCUT2D eigenvalue weighted by Gasteiger charge is 2.28. The topological polar surface area (TPSA) is 61.4 Å². The van der Waals surface area contributed by atoms with Gasteiger partial charge < -0.3 is 15.5 Å². The second-order valence-corrected chi connectivity index (χ2v) is 7.04. The summed E-state index contributed by atoms with van der Waals surface area (Å²) >= 11 is 0. The third-order valence-corrected chi connectivity index (χ3v) is 5.20. The monoisotopic (exact) mass is 365 g/mol. The van der Waals surface area contributed by atoms with Gasteiger partial charge >= 0.3 is 0 Å². The molecule has 1 atom stereocenters. The number of hydrogen-bond donors (Lipinski definition) is 2. The lowest BCUT2D eigenvalue weighted by Gasteiger charge is -2.31. The number of hydrogen-bond acceptors (Lipinski definition) is 3. The predicted octanol–water partition coefficient (Wildman–Crippen LogP) is 3.08. The summed E-state index contributed by atoms with van der Waals surface area (Å²) in [6, 6.07) is 17.2. The van der Waals surface area contributed by atoms with E-state index in [4.69, 9.17) is 0 Å². The maximum Gasteiger partial charge on any atom is 0.231 e. The first kappa shape index (κ1) is 19.1. The second kappa shape index (κ2) is 8.82. The van der Waals surface area contributed by atoms with E-state index in [9.17, 15) is 9.59 Å². The smallest absolute Gasteiger partial charge is 0.231 e. The Labute approximate surface area is 160 Å². The van der Waals surface area contributed by atoms with Crippen molar-refractivity contribution >= 4 is 23.2 Å². The van der Waals surface area contributed by atoms with Gasteiger partial charge in [-0.2, -0.15) is 0 Å². The van der Waals surface area contributed by atoms with Crippen LogP contribution in [0.4, 0.5) is 11.4 Å². The number of nitrogens with one attached hydrogen (secondary N) is 2. The summed E-state index contributed by atoms with van der Waals surface area (Å²) in [4.78, 5) is 26.7. The third-order valence-electron chi connectivity index (χ3n) is 5.20. The lowest BCUT2D eigenvalue weighted by atomic mass is 9.88. The second-order valence-electron chi connectivity index (χ2n) is 7.04. The van der Waals surface area contributed by atoms with Crippen LogP contribution in [0.1, 0.15) is 19.4 Å². The summed E-state index contributed by atoms with van der Waals surface area (Å²) in [7, 11) is 0. The van der Waals surface area contributed by atoms with Crippen LogP contribution in [-0.2, 0) is 16.0 Å². The van der Waals surface area contributed by atoms with Gasteiger partial charge in [0.1, 0.15) is 0 Å². The number of rotatable bonds is 7. The molecule has 2 aromatic rings. The van der Waals surface area contributed by atoms with Gasteiger partial charge in [-0.15, -0.1) is 0 Å². The average molecular weight is 365 g/mol. The molecule has 27 heavy (non-hydrogen) atoms. The molecule has 0 radical (unpaired) electrons.